The maximum absolute atomic E-state index is 13.3. The fraction of sp³-hybridized carbons (Fsp3) is 0.174. The number of nitrogens with zero attached hydrogens (tertiary/aromatic N) is 2. The number of alkyl halides is 1. The van der Waals surface area contributed by atoms with Gasteiger partial charge in [-0.3, -0.25) is 14.5 Å². The zero-order chi connectivity index (χ0) is 20.9. The van der Waals surface area contributed by atoms with Gasteiger partial charge in [-0.2, -0.15) is 0 Å². The van der Waals surface area contributed by atoms with E-state index in [0.717, 1.165) is 17.7 Å². The summed E-state index contributed by atoms with van der Waals surface area (Å²) >= 11 is 5.66. The minimum Gasteiger partial charge on any atom is -0.494 e. The number of para-hydroxylation sites is 1. The predicted octanol–water partition coefficient (Wildman–Crippen LogP) is 4.56. The molecule has 0 spiro atoms. The molecule has 6 nitrogen and oxygen atoms in total. The molecule has 0 saturated carbocycles. The van der Waals surface area contributed by atoms with Gasteiger partial charge in [0.25, 0.3) is 5.91 Å². The van der Waals surface area contributed by atoms with Crippen LogP contribution in [0.25, 0.3) is 0 Å². The van der Waals surface area contributed by atoms with Crippen molar-refractivity contribution in [1.82, 2.24) is 4.98 Å². The van der Waals surface area contributed by atoms with E-state index >= 15 is 0 Å². The lowest BCUT2D eigenvalue weighted by Gasteiger charge is -2.23. The molecule has 2 heterocycles. The fourth-order valence-electron chi connectivity index (χ4n) is 3.29. The molecule has 0 unspecified atom stereocenters. The number of ether oxygens (including phenoxy) is 1. The Balaban J connectivity index is 1.62. The Kier molecular flexibility index (Phi) is 5.95. The average Bonchev–Trinajstić information content (AvgIpc) is 2.89. The maximum atomic E-state index is 13.3. The highest BCUT2D eigenvalue weighted by Crippen LogP contribution is 2.36. The molecule has 2 aromatic carbocycles. The van der Waals surface area contributed by atoms with Gasteiger partial charge >= 0.3 is 0 Å². The lowest BCUT2D eigenvalue weighted by atomic mass is 10.1. The summed E-state index contributed by atoms with van der Waals surface area (Å²) in [5, 5.41) is 2.84. The largest absolute Gasteiger partial charge is 0.494 e. The molecular weight excluding hydrogens is 402 g/mol. The average molecular weight is 422 g/mol. The van der Waals surface area contributed by atoms with Crippen LogP contribution in [0.1, 0.15) is 22.3 Å². The fourth-order valence-corrected chi connectivity index (χ4v) is 3.40. The zero-order valence-corrected chi connectivity index (χ0v) is 16.9. The highest BCUT2D eigenvalue weighted by Gasteiger charge is 2.30. The van der Waals surface area contributed by atoms with Crippen LogP contribution in [-0.4, -0.2) is 29.3 Å². The molecule has 3 aromatic rings. The zero-order valence-electron chi connectivity index (χ0n) is 16.2. The second kappa shape index (κ2) is 8.97. The van der Waals surface area contributed by atoms with E-state index in [1.807, 2.05) is 24.3 Å². The number of carbonyl (C=O) groups is 2. The summed E-state index contributed by atoms with van der Waals surface area (Å²) in [6, 6.07) is 17.9. The number of rotatable bonds is 6. The summed E-state index contributed by atoms with van der Waals surface area (Å²) in [5.74, 6) is 1.24. The van der Waals surface area contributed by atoms with Crippen molar-refractivity contribution in [3.05, 3.63) is 78.0 Å². The first-order chi connectivity index (χ1) is 14.7. The highest BCUT2D eigenvalue weighted by atomic mass is 35.5. The molecule has 4 rings (SSSR count). The number of amides is 2. The minimum absolute atomic E-state index is 0.153. The number of benzene rings is 2. The van der Waals surface area contributed by atoms with Crippen LogP contribution in [-0.2, 0) is 11.2 Å². The van der Waals surface area contributed by atoms with Crippen LogP contribution in [0.4, 0.5) is 17.2 Å². The Morgan fingerprint density at radius 1 is 1.07 bits per heavy atom. The molecule has 0 radical (unpaired) electrons. The van der Waals surface area contributed by atoms with Gasteiger partial charge < -0.3 is 10.1 Å². The lowest BCUT2D eigenvalue weighted by molar-refractivity contribution is -0.117. The minimum atomic E-state index is -0.270. The summed E-state index contributed by atoms with van der Waals surface area (Å²) in [4.78, 5) is 31.9. The van der Waals surface area contributed by atoms with Gasteiger partial charge in [-0.15, -0.1) is 11.6 Å². The molecule has 152 valence electrons. The molecule has 1 aliphatic rings. The van der Waals surface area contributed by atoms with E-state index in [1.54, 1.807) is 42.6 Å². The van der Waals surface area contributed by atoms with Crippen LogP contribution >= 0.6 is 11.6 Å². The normalized spacial score (nSPS) is 12.4. The number of hydrogen-bond donors (Lipinski definition) is 1. The first-order valence-electron chi connectivity index (χ1n) is 9.63. The lowest BCUT2D eigenvalue weighted by Crippen LogP contribution is -2.28. The molecule has 1 aliphatic heterocycles. The van der Waals surface area contributed by atoms with E-state index < -0.39 is 0 Å². The summed E-state index contributed by atoms with van der Waals surface area (Å²) in [5.41, 5.74) is 2.27. The maximum Gasteiger partial charge on any atom is 0.257 e. The summed E-state index contributed by atoms with van der Waals surface area (Å²) in [7, 11) is 0. The van der Waals surface area contributed by atoms with E-state index in [4.69, 9.17) is 16.3 Å². The number of fused-ring (bicyclic) bond motifs is 2. The molecule has 0 saturated heterocycles. The third-order valence-electron chi connectivity index (χ3n) is 4.71. The van der Waals surface area contributed by atoms with Gasteiger partial charge in [0, 0.05) is 12.1 Å². The Labute approximate surface area is 179 Å². The quantitative estimate of drug-likeness (QED) is 0.467. The van der Waals surface area contributed by atoms with Crippen LogP contribution in [0, 0.1) is 0 Å². The topological polar surface area (TPSA) is 71.5 Å². The number of hydrogen-bond acceptors (Lipinski definition) is 4. The Morgan fingerprint density at radius 3 is 2.67 bits per heavy atom. The van der Waals surface area contributed by atoms with E-state index in [1.165, 1.54) is 4.90 Å². The molecule has 2 amide bonds. The van der Waals surface area contributed by atoms with Gasteiger partial charge in [-0.05, 0) is 48.4 Å². The van der Waals surface area contributed by atoms with Crippen LogP contribution in [0.15, 0.2) is 66.9 Å². The molecule has 1 N–H and O–H groups in total. The Hall–Kier alpha value is -3.38. The van der Waals surface area contributed by atoms with Crippen molar-refractivity contribution in [2.24, 2.45) is 0 Å². The van der Waals surface area contributed by atoms with Crippen LogP contribution in [0.5, 0.6) is 5.75 Å². The Morgan fingerprint density at radius 2 is 1.87 bits per heavy atom. The molecule has 0 fully saturated rings. The van der Waals surface area contributed by atoms with Gasteiger partial charge in [0.1, 0.15) is 5.75 Å². The van der Waals surface area contributed by atoms with E-state index in [-0.39, 0.29) is 18.2 Å². The van der Waals surface area contributed by atoms with Crippen molar-refractivity contribution in [1.29, 1.82) is 0 Å². The van der Waals surface area contributed by atoms with Crippen molar-refractivity contribution in [3.8, 4) is 5.75 Å². The second-order valence-electron chi connectivity index (χ2n) is 6.79. The predicted molar refractivity (Wildman–Crippen MR) is 117 cm³/mol. The third kappa shape index (κ3) is 4.14. The monoisotopic (exact) mass is 421 g/mol. The first kappa shape index (κ1) is 19.9. The molecule has 7 heteroatoms. The van der Waals surface area contributed by atoms with E-state index in [2.05, 4.69) is 10.3 Å². The number of aromatic nitrogens is 1. The van der Waals surface area contributed by atoms with Crippen LogP contribution < -0.4 is 15.0 Å². The van der Waals surface area contributed by atoms with Crippen LogP contribution in [0.2, 0.25) is 0 Å². The SMILES string of the molecule is O=C1Nc2cccnc2N(C(=O)Cc2ccc(OCCCCl)cc2)c2ccccc21. The van der Waals surface area contributed by atoms with Crippen molar-refractivity contribution in [2.45, 2.75) is 12.8 Å². The van der Waals surface area contributed by atoms with Gasteiger partial charge in [-0.1, -0.05) is 24.3 Å². The highest BCUT2D eigenvalue weighted by molar-refractivity contribution is 6.18. The van der Waals surface area contributed by atoms with Crippen LogP contribution in [0.3, 0.4) is 0 Å². The van der Waals surface area contributed by atoms with Gasteiger partial charge in [0.15, 0.2) is 5.82 Å². The van der Waals surface area contributed by atoms with Gasteiger partial charge in [0.05, 0.1) is 30.0 Å². The smallest absolute Gasteiger partial charge is 0.257 e. The van der Waals surface area contributed by atoms with Gasteiger partial charge in [0.2, 0.25) is 5.91 Å². The molecule has 0 atom stereocenters. The molecule has 0 aliphatic carbocycles. The van der Waals surface area contributed by atoms with Crippen molar-refractivity contribution in [2.75, 3.05) is 22.7 Å². The van der Waals surface area contributed by atoms with Crippen molar-refractivity contribution >= 4 is 40.6 Å². The number of anilines is 3. The molecule has 30 heavy (non-hydrogen) atoms. The summed E-state index contributed by atoms with van der Waals surface area (Å²) < 4.78 is 5.61. The summed E-state index contributed by atoms with van der Waals surface area (Å²) in [6.07, 6.45) is 2.53. The van der Waals surface area contributed by atoms with E-state index in [0.29, 0.717) is 35.2 Å². The first-order valence-corrected chi connectivity index (χ1v) is 10.2. The molecule has 1 aromatic heterocycles. The number of pyridine rings is 1. The van der Waals surface area contributed by atoms with Crippen molar-refractivity contribution < 1.29 is 14.3 Å². The number of halogens is 1. The Bertz CT molecular complexity index is 1070. The van der Waals surface area contributed by atoms with Crippen molar-refractivity contribution in [3.63, 3.8) is 0 Å². The molecule has 0 bridgehead atoms. The standard InChI is InChI=1S/C23H20ClN3O3/c24-12-4-14-30-17-10-8-16(9-11-17)15-21(28)27-20-7-2-1-5-18(20)23(29)26-19-6-3-13-25-22(19)27/h1-3,5-11,13H,4,12,14-15H2,(H,26,29). The second-order valence-corrected chi connectivity index (χ2v) is 7.16. The molecular formula is C23H20ClN3O3. The summed E-state index contributed by atoms with van der Waals surface area (Å²) in [6.45, 7) is 0.551. The third-order valence-corrected chi connectivity index (χ3v) is 4.98. The number of nitrogens with one attached hydrogen (secondary N) is 1. The van der Waals surface area contributed by atoms with E-state index in [9.17, 15) is 9.59 Å². The number of carbonyl (C=O) groups excluding carboxylic acids is 2. The van der Waals surface area contributed by atoms with Gasteiger partial charge in [-0.25, -0.2) is 4.98 Å².